The Morgan fingerprint density at radius 3 is 2.91 bits per heavy atom. The fourth-order valence-corrected chi connectivity index (χ4v) is 3.96. The van der Waals surface area contributed by atoms with Crippen molar-refractivity contribution in [2.24, 2.45) is 5.92 Å². The van der Waals surface area contributed by atoms with Crippen molar-refractivity contribution in [2.45, 2.75) is 18.4 Å². The number of fused-ring (bicyclic) bond motifs is 3. The van der Waals surface area contributed by atoms with Crippen LogP contribution in [0.4, 0.5) is 5.69 Å². The number of aromatic hydroxyl groups is 1. The number of hydrogen-bond donors (Lipinski definition) is 2. The number of methoxy groups -OCH3 is 1. The molecule has 0 spiro atoms. The van der Waals surface area contributed by atoms with Gasteiger partial charge in [-0.2, -0.15) is 0 Å². The third-order valence-electron chi connectivity index (χ3n) is 4.89. The molecular weight excluding hydrogens is 310 g/mol. The van der Waals surface area contributed by atoms with E-state index in [1.165, 1.54) is 5.56 Å². The van der Waals surface area contributed by atoms with Gasteiger partial charge in [0.2, 0.25) is 0 Å². The monoisotopic (exact) mass is 327 g/mol. The molecule has 2 aromatic rings. The molecule has 3 unspecified atom stereocenters. The van der Waals surface area contributed by atoms with Crippen molar-refractivity contribution in [1.82, 2.24) is 0 Å². The number of benzene rings is 2. The van der Waals surface area contributed by atoms with E-state index in [0.29, 0.717) is 17.6 Å². The van der Waals surface area contributed by atoms with Crippen LogP contribution in [0.5, 0.6) is 11.5 Å². The van der Waals surface area contributed by atoms with E-state index < -0.39 is 0 Å². The molecule has 0 aromatic heterocycles. The van der Waals surface area contributed by atoms with Crippen LogP contribution in [0.3, 0.4) is 0 Å². The molecule has 4 rings (SSSR count). The van der Waals surface area contributed by atoms with Gasteiger partial charge in [0.15, 0.2) is 11.5 Å². The Morgan fingerprint density at radius 1 is 1.22 bits per heavy atom. The number of phenols is 1. The van der Waals surface area contributed by atoms with E-state index in [1.807, 2.05) is 24.3 Å². The van der Waals surface area contributed by atoms with Gasteiger partial charge < -0.3 is 15.2 Å². The van der Waals surface area contributed by atoms with Gasteiger partial charge in [0, 0.05) is 16.6 Å². The van der Waals surface area contributed by atoms with Crippen molar-refractivity contribution in [2.75, 3.05) is 12.4 Å². The lowest BCUT2D eigenvalue weighted by molar-refractivity contribution is 0.370. The number of ether oxygens (including phenoxy) is 1. The van der Waals surface area contributed by atoms with E-state index in [0.717, 1.165) is 22.7 Å². The minimum absolute atomic E-state index is 0.167. The smallest absolute Gasteiger partial charge is 0.160 e. The average Bonchev–Trinajstić information content (AvgIpc) is 3.05. The Hall–Kier alpha value is -2.13. The highest BCUT2D eigenvalue weighted by Crippen LogP contribution is 2.50. The second-order valence-corrected chi connectivity index (χ2v) is 6.57. The minimum atomic E-state index is 0.167. The van der Waals surface area contributed by atoms with Crippen LogP contribution in [0.1, 0.15) is 29.5 Å². The summed E-state index contributed by atoms with van der Waals surface area (Å²) in [6.07, 6.45) is 5.56. The predicted octanol–water partition coefficient (Wildman–Crippen LogP) is 4.88. The molecule has 23 heavy (non-hydrogen) atoms. The molecular formula is C19H18ClNO2. The zero-order valence-corrected chi connectivity index (χ0v) is 13.5. The van der Waals surface area contributed by atoms with Crippen LogP contribution >= 0.6 is 11.6 Å². The molecule has 0 radical (unpaired) electrons. The molecule has 0 fully saturated rings. The maximum Gasteiger partial charge on any atom is 0.160 e. The first-order valence-electron chi connectivity index (χ1n) is 7.77. The van der Waals surface area contributed by atoms with Gasteiger partial charge in [-0.25, -0.2) is 0 Å². The van der Waals surface area contributed by atoms with E-state index in [2.05, 4.69) is 23.5 Å². The fourth-order valence-electron chi connectivity index (χ4n) is 3.78. The van der Waals surface area contributed by atoms with Crippen molar-refractivity contribution in [1.29, 1.82) is 0 Å². The number of anilines is 1. The molecule has 2 aromatic carbocycles. The lowest BCUT2D eigenvalue weighted by atomic mass is 9.77. The zero-order valence-electron chi connectivity index (χ0n) is 12.8. The van der Waals surface area contributed by atoms with Crippen molar-refractivity contribution in [3.05, 3.63) is 64.7 Å². The molecule has 1 aliphatic heterocycles. The van der Waals surface area contributed by atoms with Gasteiger partial charge in [0.25, 0.3) is 0 Å². The van der Waals surface area contributed by atoms with Crippen molar-refractivity contribution < 1.29 is 9.84 Å². The Morgan fingerprint density at radius 2 is 2.09 bits per heavy atom. The first-order valence-corrected chi connectivity index (χ1v) is 8.14. The van der Waals surface area contributed by atoms with Gasteiger partial charge in [-0.1, -0.05) is 29.8 Å². The second-order valence-electron chi connectivity index (χ2n) is 6.14. The summed E-state index contributed by atoms with van der Waals surface area (Å²) in [6.45, 7) is 0. The number of allylic oxidation sites excluding steroid dienone is 2. The SMILES string of the molecule is COc1cc(C2Nc3ccc(Cl)cc3C3C=CCC32)ccc1O. The maximum absolute atomic E-state index is 9.84. The summed E-state index contributed by atoms with van der Waals surface area (Å²) in [5, 5.41) is 14.3. The molecule has 0 saturated heterocycles. The van der Waals surface area contributed by atoms with Gasteiger partial charge in [0.1, 0.15) is 0 Å². The molecule has 0 amide bonds. The topological polar surface area (TPSA) is 41.5 Å². The molecule has 0 bridgehead atoms. The van der Waals surface area contributed by atoms with Gasteiger partial charge in [0.05, 0.1) is 13.2 Å². The molecule has 3 atom stereocenters. The molecule has 4 heteroatoms. The standard InChI is InChI=1S/C19H18ClNO2/c1-23-18-9-11(5-8-17(18)22)19-14-4-2-3-13(14)15-10-12(20)6-7-16(15)21-19/h2-3,5-10,13-14,19,21-22H,4H2,1H3. The molecule has 1 heterocycles. The van der Waals surface area contributed by atoms with E-state index in [1.54, 1.807) is 13.2 Å². The Kier molecular flexibility index (Phi) is 3.46. The summed E-state index contributed by atoms with van der Waals surface area (Å²) < 4.78 is 5.26. The summed E-state index contributed by atoms with van der Waals surface area (Å²) in [7, 11) is 1.57. The van der Waals surface area contributed by atoms with Gasteiger partial charge in [-0.3, -0.25) is 0 Å². The number of hydrogen-bond acceptors (Lipinski definition) is 3. The lowest BCUT2D eigenvalue weighted by Gasteiger charge is -2.37. The highest BCUT2D eigenvalue weighted by Gasteiger charge is 2.38. The highest BCUT2D eigenvalue weighted by atomic mass is 35.5. The number of halogens is 1. The number of phenolic OH excluding ortho intramolecular Hbond substituents is 1. The third kappa shape index (κ3) is 2.36. The first-order chi connectivity index (χ1) is 11.2. The lowest BCUT2D eigenvalue weighted by Crippen LogP contribution is -2.29. The highest BCUT2D eigenvalue weighted by molar-refractivity contribution is 6.30. The molecule has 0 saturated carbocycles. The molecule has 118 valence electrons. The van der Waals surface area contributed by atoms with Crippen LogP contribution in [-0.4, -0.2) is 12.2 Å². The van der Waals surface area contributed by atoms with Crippen LogP contribution < -0.4 is 10.1 Å². The largest absolute Gasteiger partial charge is 0.504 e. The second kappa shape index (κ2) is 5.50. The predicted molar refractivity (Wildman–Crippen MR) is 92.5 cm³/mol. The maximum atomic E-state index is 9.84. The normalized spacial score (nSPS) is 24.7. The quantitative estimate of drug-likeness (QED) is 0.772. The Balaban J connectivity index is 1.77. The summed E-state index contributed by atoms with van der Waals surface area (Å²) in [5.74, 6) is 1.49. The molecule has 2 N–H and O–H groups in total. The van der Waals surface area contributed by atoms with Crippen LogP contribution in [0, 0.1) is 5.92 Å². The summed E-state index contributed by atoms with van der Waals surface area (Å²) >= 11 is 6.18. The average molecular weight is 328 g/mol. The Bertz CT molecular complexity index is 787. The van der Waals surface area contributed by atoms with Crippen molar-refractivity contribution in [3.63, 3.8) is 0 Å². The molecule has 1 aliphatic carbocycles. The fraction of sp³-hybridized carbons (Fsp3) is 0.263. The van der Waals surface area contributed by atoms with Gasteiger partial charge >= 0.3 is 0 Å². The van der Waals surface area contributed by atoms with Crippen molar-refractivity contribution >= 4 is 17.3 Å². The van der Waals surface area contributed by atoms with Gasteiger partial charge in [-0.15, -0.1) is 0 Å². The van der Waals surface area contributed by atoms with Crippen LogP contribution in [0.2, 0.25) is 5.02 Å². The minimum Gasteiger partial charge on any atom is -0.504 e. The number of nitrogens with one attached hydrogen (secondary N) is 1. The molecule has 2 aliphatic rings. The summed E-state index contributed by atoms with van der Waals surface area (Å²) in [6, 6.07) is 11.8. The van der Waals surface area contributed by atoms with Crippen LogP contribution in [-0.2, 0) is 0 Å². The van der Waals surface area contributed by atoms with Crippen molar-refractivity contribution in [3.8, 4) is 11.5 Å². The Labute approximate surface area is 140 Å². The summed E-state index contributed by atoms with van der Waals surface area (Å²) in [4.78, 5) is 0. The van der Waals surface area contributed by atoms with E-state index in [4.69, 9.17) is 16.3 Å². The number of rotatable bonds is 2. The molecule has 3 nitrogen and oxygen atoms in total. The van der Waals surface area contributed by atoms with E-state index >= 15 is 0 Å². The van der Waals surface area contributed by atoms with E-state index in [9.17, 15) is 5.11 Å². The first kappa shape index (κ1) is 14.5. The zero-order chi connectivity index (χ0) is 16.0. The van der Waals surface area contributed by atoms with Crippen LogP contribution in [0.15, 0.2) is 48.6 Å². The summed E-state index contributed by atoms with van der Waals surface area (Å²) in [5.41, 5.74) is 3.51. The van der Waals surface area contributed by atoms with Crippen LogP contribution in [0.25, 0.3) is 0 Å². The van der Waals surface area contributed by atoms with Gasteiger partial charge in [-0.05, 0) is 53.8 Å². The van der Waals surface area contributed by atoms with E-state index in [-0.39, 0.29) is 11.8 Å². The third-order valence-corrected chi connectivity index (χ3v) is 5.12.